The van der Waals surface area contributed by atoms with Crippen molar-refractivity contribution in [1.29, 1.82) is 0 Å². The highest BCUT2D eigenvalue weighted by Crippen LogP contribution is 2.22. The van der Waals surface area contributed by atoms with E-state index < -0.39 is 7.12 Å². The van der Waals surface area contributed by atoms with Crippen LogP contribution in [0.1, 0.15) is 6.42 Å². The van der Waals surface area contributed by atoms with Crippen molar-refractivity contribution in [1.82, 2.24) is 0 Å². The Labute approximate surface area is 58.8 Å². The van der Waals surface area contributed by atoms with Gasteiger partial charge in [0.25, 0.3) is 0 Å². The Morgan fingerprint density at radius 3 is 2.70 bits per heavy atom. The van der Waals surface area contributed by atoms with Crippen LogP contribution in [-0.2, 0) is 0 Å². The van der Waals surface area contributed by atoms with Crippen LogP contribution in [0.5, 0.6) is 0 Å². The van der Waals surface area contributed by atoms with Gasteiger partial charge < -0.3 is 10.0 Å². The number of hydrogen-bond donors (Lipinski definition) is 2. The van der Waals surface area contributed by atoms with E-state index in [0.29, 0.717) is 6.42 Å². The molecule has 0 saturated heterocycles. The molecule has 1 rings (SSSR count). The standard InChI is InChI=1S/C6H8BFO2/c8-6-3-1-5(2-4-6)7(9)10/h1,3-5,9-10H,2H2. The second-order valence-corrected chi connectivity index (χ2v) is 2.26. The van der Waals surface area contributed by atoms with Gasteiger partial charge in [-0.3, -0.25) is 0 Å². The van der Waals surface area contributed by atoms with Crippen molar-refractivity contribution in [3.8, 4) is 0 Å². The first-order chi connectivity index (χ1) is 4.70. The third-order valence-electron chi connectivity index (χ3n) is 1.47. The molecule has 0 spiro atoms. The van der Waals surface area contributed by atoms with Crippen molar-refractivity contribution >= 4 is 7.12 Å². The van der Waals surface area contributed by atoms with Crippen molar-refractivity contribution in [2.75, 3.05) is 0 Å². The molecule has 54 valence electrons. The van der Waals surface area contributed by atoms with Gasteiger partial charge in [0.1, 0.15) is 5.83 Å². The van der Waals surface area contributed by atoms with Crippen LogP contribution in [-0.4, -0.2) is 17.2 Å². The molecule has 0 bridgehead atoms. The minimum absolute atomic E-state index is 0.308. The minimum atomic E-state index is -1.37. The van der Waals surface area contributed by atoms with Gasteiger partial charge in [0.05, 0.1) is 0 Å². The molecular formula is C6H8BFO2. The van der Waals surface area contributed by atoms with Crippen molar-refractivity contribution in [3.63, 3.8) is 0 Å². The normalized spacial score (nSPS) is 24.3. The largest absolute Gasteiger partial charge is 0.459 e. The van der Waals surface area contributed by atoms with E-state index in [1.54, 1.807) is 0 Å². The average molecular weight is 142 g/mol. The van der Waals surface area contributed by atoms with E-state index in [2.05, 4.69) is 0 Å². The van der Waals surface area contributed by atoms with Crippen LogP contribution >= 0.6 is 0 Å². The quantitative estimate of drug-likeness (QED) is 0.527. The molecule has 0 aromatic rings. The molecule has 0 heterocycles. The molecule has 0 fully saturated rings. The molecule has 1 aliphatic carbocycles. The highest BCUT2D eigenvalue weighted by molar-refractivity contribution is 6.44. The maximum Gasteiger partial charge on any atom is 0.459 e. The second-order valence-electron chi connectivity index (χ2n) is 2.26. The SMILES string of the molecule is OB(O)C1C=CC(F)=CC1. The summed E-state index contributed by atoms with van der Waals surface area (Å²) in [5.41, 5.74) is 0. The molecule has 0 aromatic carbocycles. The molecule has 0 amide bonds. The maximum atomic E-state index is 12.2. The summed E-state index contributed by atoms with van der Waals surface area (Å²) in [6.07, 6.45) is 4.40. The summed E-state index contributed by atoms with van der Waals surface area (Å²) in [5, 5.41) is 17.2. The van der Waals surface area contributed by atoms with Gasteiger partial charge in [0.2, 0.25) is 0 Å². The molecule has 0 radical (unpaired) electrons. The molecule has 2 nitrogen and oxygen atoms in total. The first-order valence-corrected chi connectivity index (χ1v) is 3.10. The summed E-state index contributed by atoms with van der Waals surface area (Å²) in [6, 6.07) is 0. The van der Waals surface area contributed by atoms with Crippen molar-refractivity contribution < 1.29 is 14.4 Å². The van der Waals surface area contributed by atoms with Gasteiger partial charge >= 0.3 is 7.12 Å². The topological polar surface area (TPSA) is 40.5 Å². The number of rotatable bonds is 1. The van der Waals surface area contributed by atoms with Crippen LogP contribution in [0.2, 0.25) is 5.82 Å². The van der Waals surface area contributed by atoms with Gasteiger partial charge in [0.15, 0.2) is 0 Å². The molecule has 4 heteroatoms. The Morgan fingerprint density at radius 1 is 1.60 bits per heavy atom. The van der Waals surface area contributed by atoms with E-state index in [4.69, 9.17) is 10.0 Å². The minimum Gasteiger partial charge on any atom is -0.427 e. The predicted octanol–water partition coefficient (Wildman–Crippen LogP) is 0.643. The summed E-state index contributed by atoms with van der Waals surface area (Å²) in [4.78, 5) is 0. The Kier molecular flexibility index (Phi) is 2.24. The summed E-state index contributed by atoms with van der Waals surface area (Å²) in [5.74, 6) is -0.656. The van der Waals surface area contributed by atoms with Crippen LogP contribution in [0, 0.1) is 0 Å². The molecule has 0 saturated carbocycles. The third kappa shape index (κ3) is 1.69. The van der Waals surface area contributed by atoms with E-state index in [-0.39, 0.29) is 11.6 Å². The van der Waals surface area contributed by atoms with Gasteiger partial charge in [0, 0.05) is 5.82 Å². The summed E-state index contributed by atoms with van der Waals surface area (Å²) < 4.78 is 12.2. The first-order valence-electron chi connectivity index (χ1n) is 3.10. The van der Waals surface area contributed by atoms with Gasteiger partial charge in [-0.1, -0.05) is 6.08 Å². The lowest BCUT2D eigenvalue weighted by molar-refractivity contribution is 0.393. The second kappa shape index (κ2) is 2.99. The molecule has 1 unspecified atom stereocenters. The average Bonchev–Trinajstić information content (AvgIpc) is 1.88. The van der Waals surface area contributed by atoms with E-state index in [1.807, 2.05) is 0 Å². The lowest BCUT2D eigenvalue weighted by Crippen LogP contribution is -2.18. The third-order valence-corrected chi connectivity index (χ3v) is 1.47. The molecular weight excluding hydrogens is 134 g/mol. The Morgan fingerprint density at radius 2 is 2.30 bits per heavy atom. The summed E-state index contributed by atoms with van der Waals surface area (Å²) >= 11 is 0. The Bertz CT molecular complexity index is 177. The zero-order valence-corrected chi connectivity index (χ0v) is 5.37. The van der Waals surface area contributed by atoms with E-state index in [9.17, 15) is 4.39 Å². The zero-order valence-electron chi connectivity index (χ0n) is 5.37. The molecule has 1 aliphatic rings. The highest BCUT2D eigenvalue weighted by atomic mass is 19.1. The Balaban J connectivity index is 2.52. The monoisotopic (exact) mass is 142 g/mol. The molecule has 10 heavy (non-hydrogen) atoms. The number of halogens is 1. The number of allylic oxidation sites excluding steroid dienone is 4. The maximum absolute atomic E-state index is 12.2. The van der Waals surface area contributed by atoms with Gasteiger partial charge in [-0.2, -0.15) is 0 Å². The van der Waals surface area contributed by atoms with E-state index in [0.717, 1.165) is 0 Å². The van der Waals surface area contributed by atoms with Crippen molar-refractivity contribution in [3.05, 3.63) is 24.1 Å². The molecule has 2 N–H and O–H groups in total. The fourth-order valence-corrected chi connectivity index (χ4v) is 0.832. The van der Waals surface area contributed by atoms with E-state index >= 15 is 0 Å². The highest BCUT2D eigenvalue weighted by Gasteiger charge is 2.21. The fraction of sp³-hybridized carbons (Fsp3) is 0.333. The van der Waals surface area contributed by atoms with Gasteiger partial charge in [-0.25, -0.2) is 4.39 Å². The van der Waals surface area contributed by atoms with E-state index in [1.165, 1.54) is 18.2 Å². The van der Waals surface area contributed by atoms with Gasteiger partial charge in [-0.15, -0.1) is 0 Å². The molecule has 0 aromatic heterocycles. The van der Waals surface area contributed by atoms with Crippen LogP contribution in [0.15, 0.2) is 24.1 Å². The smallest absolute Gasteiger partial charge is 0.427 e. The van der Waals surface area contributed by atoms with Crippen molar-refractivity contribution in [2.45, 2.75) is 12.2 Å². The lowest BCUT2D eigenvalue weighted by atomic mass is 9.69. The van der Waals surface area contributed by atoms with Crippen molar-refractivity contribution in [2.24, 2.45) is 0 Å². The van der Waals surface area contributed by atoms with Crippen LogP contribution in [0.4, 0.5) is 4.39 Å². The van der Waals surface area contributed by atoms with Gasteiger partial charge in [-0.05, 0) is 18.6 Å². The van der Waals surface area contributed by atoms with Crippen LogP contribution < -0.4 is 0 Å². The Hall–Kier alpha value is -0.605. The lowest BCUT2D eigenvalue weighted by Gasteiger charge is -2.10. The van der Waals surface area contributed by atoms with Crippen LogP contribution in [0.25, 0.3) is 0 Å². The first kappa shape index (κ1) is 7.50. The predicted molar refractivity (Wildman–Crippen MR) is 36.9 cm³/mol. The summed E-state index contributed by atoms with van der Waals surface area (Å²) in [7, 11) is -1.37. The fourth-order valence-electron chi connectivity index (χ4n) is 0.832. The number of hydrogen-bond acceptors (Lipinski definition) is 2. The zero-order chi connectivity index (χ0) is 7.56. The summed E-state index contributed by atoms with van der Waals surface area (Å²) in [6.45, 7) is 0. The molecule has 0 aliphatic heterocycles. The molecule has 1 atom stereocenters. The van der Waals surface area contributed by atoms with Crippen LogP contribution in [0.3, 0.4) is 0 Å².